The molecule has 5 heterocycles. The number of pyridine rings is 2. The molecule has 3 aromatic heterocycles. The van der Waals surface area contributed by atoms with Gasteiger partial charge in [-0.2, -0.15) is 0 Å². The third-order valence-corrected chi connectivity index (χ3v) is 9.51. The number of fused-ring (bicyclic) bond motifs is 2. The van der Waals surface area contributed by atoms with E-state index in [9.17, 15) is 4.39 Å². The summed E-state index contributed by atoms with van der Waals surface area (Å²) in [6.07, 6.45) is 14.1. The van der Waals surface area contributed by atoms with Gasteiger partial charge in [0, 0.05) is 58.3 Å². The summed E-state index contributed by atoms with van der Waals surface area (Å²) in [4.78, 5) is 20.0. The van der Waals surface area contributed by atoms with Gasteiger partial charge in [-0.25, -0.2) is 4.39 Å². The summed E-state index contributed by atoms with van der Waals surface area (Å²) in [6, 6.07) is 17.3. The van der Waals surface area contributed by atoms with Crippen LogP contribution in [0.3, 0.4) is 0 Å². The second-order valence-electron chi connectivity index (χ2n) is 12.8. The fourth-order valence-corrected chi connectivity index (χ4v) is 7.10. The standard InChI is InChI=1S/C38H39FN6O2/c39-28-16-26(17-30(20-28)46-15-14-45-12-4-5-13-45)37-33-21-36(44-35(33)10-11-41-37)38-32-19-25(8-9-34(32)42-24-43-38)27-18-31(23-40-22-27)47-29-6-2-1-3-7-29/h8-11,16-23,29,42,44H,1-7,12-15,24H2. The SMILES string of the molecule is Fc1cc(OCCN2CCCC2)cc(-c2nccc3[nH]c(C4=NCNc5ccc(-c6cncc(OC7CCCCC7)c6)cc54)cc23)c1. The molecular weight excluding hydrogens is 591 g/mol. The van der Waals surface area contributed by atoms with Crippen molar-refractivity contribution in [1.29, 1.82) is 0 Å². The molecule has 8 nitrogen and oxygen atoms in total. The van der Waals surface area contributed by atoms with E-state index < -0.39 is 0 Å². The van der Waals surface area contributed by atoms with Gasteiger partial charge in [-0.05, 0) is 99.6 Å². The minimum Gasteiger partial charge on any atom is -0.492 e. The lowest BCUT2D eigenvalue weighted by Crippen LogP contribution is -2.25. The number of H-pyrrole nitrogens is 1. The molecular formula is C38H39FN6O2. The van der Waals surface area contributed by atoms with E-state index in [4.69, 9.17) is 14.5 Å². The predicted octanol–water partition coefficient (Wildman–Crippen LogP) is 7.84. The molecule has 2 aliphatic heterocycles. The molecule has 0 radical (unpaired) electrons. The normalized spacial score (nSPS) is 16.9. The van der Waals surface area contributed by atoms with E-state index in [0.29, 0.717) is 30.3 Å². The van der Waals surface area contributed by atoms with Crippen molar-refractivity contribution in [2.75, 3.05) is 38.2 Å². The number of aromatic amines is 1. The van der Waals surface area contributed by atoms with E-state index >= 15 is 0 Å². The number of nitrogens with zero attached hydrogens (tertiary/aromatic N) is 4. The van der Waals surface area contributed by atoms with Gasteiger partial charge in [0.25, 0.3) is 0 Å². The van der Waals surface area contributed by atoms with Gasteiger partial charge in [-0.15, -0.1) is 0 Å². The van der Waals surface area contributed by atoms with Crippen molar-refractivity contribution in [2.24, 2.45) is 4.99 Å². The maximum absolute atomic E-state index is 14.9. The van der Waals surface area contributed by atoms with Crippen molar-refractivity contribution >= 4 is 22.3 Å². The molecule has 2 fully saturated rings. The highest BCUT2D eigenvalue weighted by Crippen LogP contribution is 2.34. The largest absolute Gasteiger partial charge is 0.492 e. The van der Waals surface area contributed by atoms with Crippen LogP contribution in [0.1, 0.15) is 56.2 Å². The fourth-order valence-electron chi connectivity index (χ4n) is 7.10. The molecule has 0 amide bonds. The monoisotopic (exact) mass is 630 g/mol. The van der Waals surface area contributed by atoms with Gasteiger partial charge in [0.15, 0.2) is 0 Å². The van der Waals surface area contributed by atoms with Crippen LogP contribution in [0.2, 0.25) is 0 Å². The molecule has 1 aliphatic carbocycles. The Hall–Kier alpha value is -4.76. The Balaban J connectivity index is 1.07. The van der Waals surface area contributed by atoms with E-state index in [-0.39, 0.29) is 11.9 Å². The van der Waals surface area contributed by atoms with Gasteiger partial charge in [-0.3, -0.25) is 19.9 Å². The van der Waals surface area contributed by atoms with Crippen LogP contribution in [0.5, 0.6) is 11.5 Å². The van der Waals surface area contributed by atoms with E-state index in [0.717, 1.165) is 82.9 Å². The van der Waals surface area contributed by atoms with Crippen molar-refractivity contribution in [1.82, 2.24) is 19.9 Å². The van der Waals surface area contributed by atoms with Crippen LogP contribution in [0.15, 0.2) is 78.2 Å². The third-order valence-electron chi connectivity index (χ3n) is 9.51. The van der Waals surface area contributed by atoms with Crippen molar-refractivity contribution < 1.29 is 13.9 Å². The average molecular weight is 631 g/mol. The van der Waals surface area contributed by atoms with Crippen molar-refractivity contribution in [3.05, 3.63) is 90.3 Å². The summed E-state index contributed by atoms with van der Waals surface area (Å²) in [7, 11) is 0. The van der Waals surface area contributed by atoms with E-state index in [1.807, 2.05) is 24.5 Å². The molecule has 0 bridgehead atoms. The highest BCUT2D eigenvalue weighted by molar-refractivity contribution is 6.18. The van der Waals surface area contributed by atoms with Crippen LogP contribution in [-0.4, -0.2) is 64.6 Å². The van der Waals surface area contributed by atoms with Crippen LogP contribution in [0.25, 0.3) is 33.3 Å². The number of likely N-dealkylation sites (tertiary alicyclic amines) is 1. The van der Waals surface area contributed by atoms with Gasteiger partial charge in [-0.1, -0.05) is 12.5 Å². The molecule has 3 aliphatic rings. The van der Waals surface area contributed by atoms with E-state index in [1.54, 1.807) is 6.20 Å². The van der Waals surface area contributed by atoms with E-state index in [2.05, 4.69) is 55.5 Å². The first kappa shape index (κ1) is 29.6. The highest BCUT2D eigenvalue weighted by Gasteiger charge is 2.21. The molecule has 1 saturated carbocycles. The lowest BCUT2D eigenvalue weighted by molar-refractivity contribution is 0.154. The Morgan fingerprint density at radius 1 is 0.851 bits per heavy atom. The Labute approximate surface area is 274 Å². The Morgan fingerprint density at radius 2 is 1.72 bits per heavy atom. The fraction of sp³-hybridized carbons (Fsp3) is 0.342. The molecule has 47 heavy (non-hydrogen) atoms. The zero-order chi connectivity index (χ0) is 31.6. The van der Waals surface area contributed by atoms with Crippen LogP contribution < -0.4 is 14.8 Å². The number of hydrogen-bond acceptors (Lipinski definition) is 7. The van der Waals surface area contributed by atoms with Crippen LogP contribution in [0.4, 0.5) is 10.1 Å². The summed E-state index contributed by atoms with van der Waals surface area (Å²) in [6.45, 7) is 4.05. The summed E-state index contributed by atoms with van der Waals surface area (Å²) in [5, 5.41) is 4.31. The van der Waals surface area contributed by atoms with Gasteiger partial charge >= 0.3 is 0 Å². The summed E-state index contributed by atoms with van der Waals surface area (Å²) < 4.78 is 27.2. The molecule has 9 heteroatoms. The Morgan fingerprint density at radius 3 is 2.62 bits per heavy atom. The summed E-state index contributed by atoms with van der Waals surface area (Å²) in [5.74, 6) is 0.980. The van der Waals surface area contributed by atoms with Crippen molar-refractivity contribution in [2.45, 2.75) is 51.0 Å². The topological polar surface area (TPSA) is 87.7 Å². The molecule has 0 spiro atoms. The highest BCUT2D eigenvalue weighted by atomic mass is 19.1. The Bertz CT molecular complexity index is 1930. The first-order chi connectivity index (χ1) is 23.2. The number of ether oxygens (including phenoxy) is 2. The first-order valence-corrected chi connectivity index (χ1v) is 16.9. The third kappa shape index (κ3) is 6.45. The van der Waals surface area contributed by atoms with Crippen molar-refractivity contribution in [3.8, 4) is 33.9 Å². The first-order valence-electron chi connectivity index (χ1n) is 16.9. The summed E-state index contributed by atoms with van der Waals surface area (Å²) >= 11 is 0. The zero-order valence-electron chi connectivity index (χ0n) is 26.5. The van der Waals surface area contributed by atoms with Crippen LogP contribution in [-0.2, 0) is 0 Å². The second-order valence-corrected chi connectivity index (χ2v) is 12.8. The quantitative estimate of drug-likeness (QED) is 0.173. The number of rotatable bonds is 9. The average Bonchev–Trinajstić information content (AvgIpc) is 3.79. The molecule has 1 saturated heterocycles. The molecule has 0 atom stereocenters. The minimum atomic E-state index is -0.347. The summed E-state index contributed by atoms with van der Waals surface area (Å²) in [5.41, 5.74) is 8.05. The zero-order valence-corrected chi connectivity index (χ0v) is 26.5. The number of aliphatic imine (C=N–C) groups is 1. The number of anilines is 1. The number of hydrogen-bond donors (Lipinski definition) is 2. The van der Waals surface area contributed by atoms with Gasteiger partial charge < -0.3 is 19.8 Å². The van der Waals surface area contributed by atoms with Gasteiger partial charge in [0.05, 0.1) is 29.4 Å². The molecule has 240 valence electrons. The number of benzene rings is 2. The lowest BCUT2D eigenvalue weighted by atomic mass is 9.97. The number of halogens is 1. The predicted molar refractivity (Wildman–Crippen MR) is 184 cm³/mol. The molecule has 0 unspecified atom stereocenters. The minimum absolute atomic E-state index is 0.264. The number of nitrogens with one attached hydrogen (secondary N) is 2. The van der Waals surface area contributed by atoms with Gasteiger partial charge in [0.2, 0.25) is 0 Å². The van der Waals surface area contributed by atoms with Gasteiger partial charge in [0.1, 0.15) is 30.6 Å². The second kappa shape index (κ2) is 13.2. The molecule has 8 rings (SSSR count). The lowest BCUT2D eigenvalue weighted by Gasteiger charge is -2.23. The Kier molecular flexibility index (Phi) is 8.29. The van der Waals surface area contributed by atoms with Crippen molar-refractivity contribution in [3.63, 3.8) is 0 Å². The molecule has 5 aromatic rings. The maximum atomic E-state index is 14.9. The maximum Gasteiger partial charge on any atom is 0.138 e. The molecule has 2 aromatic carbocycles. The smallest absolute Gasteiger partial charge is 0.138 e. The number of aromatic nitrogens is 3. The molecule has 2 N–H and O–H groups in total. The van der Waals surface area contributed by atoms with Crippen LogP contribution in [0, 0.1) is 5.82 Å². The van der Waals surface area contributed by atoms with E-state index in [1.165, 1.54) is 44.2 Å². The van der Waals surface area contributed by atoms with Crippen LogP contribution >= 0.6 is 0 Å².